The molecular formula is C13H21N3O2S. The monoisotopic (exact) mass is 283 g/mol. The Labute approximate surface area is 114 Å². The molecule has 0 atom stereocenters. The maximum absolute atomic E-state index is 10.8. The van der Waals surface area contributed by atoms with Crippen molar-refractivity contribution in [2.75, 3.05) is 30.8 Å². The third-order valence-corrected chi connectivity index (χ3v) is 4.16. The number of hydrogen-bond acceptors (Lipinski definition) is 4. The highest BCUT2D eigenvalue weighted by Gasteiger charge is 2.13. The Morgan fingerprint density at radius 1 is 1.42 bits per heavy atom. The number of anilines is 1. The van der Waals surface area contributed by atoms with Crippen molar-refractivity contribution < 1.29 is 8.42 Å². The largest absolute Gasteiger partial charge is 0.374 e. The fourth-order valence-electron chi connectivity index (χ4n) is 2.40. The van der Waals surface area contributed by atoms with Gasteiger partial charge in [-0.25, -0.2) is 13.6 Å². The average Bonchev–Trinajstić information content (AvgIpc) is 2.34. The highest BCUT2D eigenvalue weighted by molar-refractivity contribution is 7.89. The molecule has 0 unspecified atom stereocenters. The summed E-state index contributed by atoms with van der Waals surface area (Å²) >= 11 is 0. The molecule has 0 radical (unpaired) electrons. The molecule has 0 saturated heterocycles. The van der Waals surface area contributed by atoms with Crippen molar-refractivity contribution in [1.82, 2.24) is 5.32 Å². The number of nitrogens with one attached hydrogen (secondary N) is 1. The molecular weight excluding hydrogens is 262 g/mol. The van der Waals surface area contributed by atoms with E-state index in [1.54, 1.807) is 0 Å². The van der Waals surface area contributed by atoms with Crippen LogP contribution in [0, 0.1) is 0 Å². The quantitative estimate of drug-likeness (QED) is 0.769. The van der Waals surface area contributed by atoms with Crippen molar-refractivity contribution >= 4 is 15.7 Å². The highest BCUT2D eigenvalue weighted by atomic mass is 32.2. The second kappa shape index (κ2) is 5.90. The van der Waals surface area contributed by atoms with Gasteiger partial charge in [-0.2, -0.15) is 0 Å². The molecule has 0 amide bonds. The minimum atomic E-state index is -3.37. The van der Waals surface area contributed by atoms with Crippen LogP contribution in [-0.4, -0.2) is 34.3 Å². The lowest BCUT2D eigenvalue weighted by molar-refractivity contribution is 0.592. The van der Waals surface area contributed by atoms with Crippen molar-refractivity contribution in [2.24, 2.45) is 5.14 Å². The van der Waals surface area contributed by atoms with E-state index >= 15 is 0 Å². The van der Waals surface area contributed by atoms with Gasteiger partial charge < -0.3 is 10.2 Å². The SMILES string of the molecule is CN1CCCc2cc(CNCCS(N)(=O)=O)ccc21. The highest BCUT2D eigenvalue weighted by Crippen LogP contribution is 2.26. The predicted molar refractivity (Wildman–Crippen MR) is 77.7 cm³/mol. The molecule has 5 nitrogen and oxygen atoms in total. The number of benzene rings is 1. The molecule has 3 N–H and O–H groups in total. The van der Waals surface area contributed by atoms with Crippen molar-refractivity contribution in [3.05, 3.63) is 29.3 Å². The van der Waals surface area contributed by atoms with E-state index in [1.165, 1.54) is 23.2 Å². The van der Waals surface area contributed by atoms with Crippen LogP contribution in [0.25, 0.3) is 0 Å². The second-order valence-electron chi connectivity index (χ2n) is 5.03. The normalized spacial score (nSPS) is 15.4. The molecule has 1 aromatic rings. The van der Waals surface area contributed by atoms with Crippen molar-refractivity contribution in [3.8, 4) is 0 Å². The molecule has 19 heavy (non-hydrogen) atoms. The summed E-state index contributed by atoms with van der Waals surface area (Å²) in [5, 5.41) is 8.05. The van der Waals surface area contributed by atoms with Gasteiger partial charge >= 0.3 is 0 Å². The van der Waals surface area contributed by atoms with Gasteiger partial charge in [0.1, 0.15) is 0 Å². The van der Waals surface area contributed by atoms with Crippen molar-refractivity contribution in [3.63, 3.8) is 0 Å². The Bertz CT molecular complexity index is 543. The summed E-state index contributed by atoms with van der Waals surface area (Å²) in [5.41, 5.74) is 3.86. The molecule has 1 heterocycles. The Kier molecular flexibility index (Phi) is 4.44. The van der Waals surface area contributed by atoms with Gasteiger partial charge in [-0.3, -0.25) is 0 Å². The molecule has 106 valence electrons. The smallest absolute Gasteiger partial charge is 0.210 e. The minimum absolute atomic E-state index is 0.0271. The number of nitrogens with zero attached hydrogens (tertiary/aromatic N) is 1. The molecule has 1 aliphatic rings. The number of sulfonamides is 1. The number of rotatable bonds is 5. The molecule has 0 spiro atoms. The predicted octanol–water partition coefficient (Wildman–Crippen LogP) is 0.447. The lowest BCUT2D eigenvalue weighted by atomic mass is 9.99. The van der Waals surface area contributed by atoms with Crippen LogP contribution >= 0.6 is 0 Å². The lowest BCUT2D eigenvalue weighted by Crippen LogP contribution is -2.27. The standard InChI is InChI=1S/C13H21N3O2S/c1-16-7-2-3-12-9-11(4-5-13(12)16)10-15-6-8-19(14,17)18/h4-5,9,15H,2-3,6-8,10H2,1H3,(H2,14,17,18). The van der Waals surface area contributed by atoms with E-state index in [0.717, 1.165) is 13.0 Å². The molecule has 1 aromatic carbocycles. The Balaban J connectivity index is 1.92. The summed E-state index contributed by atoms with van der Waals surface area (Å²) in [6.07, 6.45) is 2.30. The summed E-state index contributed by atoms with van der Waals surface area (Å²) in [6, 6.07) is 6.44. The Morgan fingerprint density at radius 3 is 2.95 bits per heavy atom. The first-order chi connectivity index (χ1) is 8.96. The van der Waals surface area contributed by atoms with Crippen molar-refractivity contribution in [2.45, 2.75) is 19.4 Å². The van der Waals surface area contributed by atoms with Gasteiger partial charge in [0.2, 0.25) is 10.0 Å². The van der Waals surface area contributed by atoms with Crippen molar-refractivity contribution in [1.29, 1.82) is 0 Å². The Morgan fingerprint density at radius 2 is 2.21 bits per heavy atom. The van der Waals surface area contributed by atoms with Gasteiger partial charge in [0.15, 0.2) is 0 Å². The van der Waals surface area contributed by atoms with Gasteiger partial charge in [-0.15, -0.1) is 0 Å². The summed E-state index contributed by atoms with van der Waals surface area (Å²) in [7, 11) is -1.26. The molecule has 6 heteroatoms. The van der Waals surface area contributed by atoms with Gasteiger partial charge in [-0.1, -0.05) is 12.1 Å². The molecule has 0 aromatic heterocycles. The second-order valence-corrected chi connectivity index (χ2v) is 6.77. The summed E-state index contributed by atoms with van der Waals surface area (Å²) in [4.78, 5) is 2.27. The molecule has 0 bridgehead atoms. The summed E-state index contributed by atoms with van der Waals surface area (Å²) in [6.45, 7) is 2.17. The number of aryl methyl sites for hydroxylation is 1. The van der Waals surface area contributed by atoms with E-state index in [0.29, 0.717) is 13.1 Å². The van der Waals surface area contributed by atoms with Gasteiger partial charge in [0.25, 0.3) is 0 Å². The maximum atomic E-state index is 10.8. The first kappa shape index (κ1) is 14.3. The topological polar surface area (TPSA) is 75.4 Å². The van der Waals surface area contributed by atoms with Crippen LogP contribution in [0.3, 0.4) is 0 Å². The third-order valence-electron chi connectivity index (χ3n) is 3.39. The molecule has 1 aliphatic heterocycles. The fraction of sp³-hybridized carbons (Fsp3) is 0.538. The van der Waals surface area contributed by atoms with E-state index in [-0.39, 0.29) is 5.75 Å². The van der Waals surface area contributed by atoms with Crippen LogP contribution < -0.4 is 15.4 Å². The van der Waals surface area contributed by atoms with E-state index < -0.39 is 10.0 Å². The average molecular weight is 283 g/mol. The molecule has 2 rings (SSSR count). The van der Waals surface area contributed by atoms with Gasteiger partial charge in [0.05, 0.1) is 5.75 Å². The van der Waals surface area contributed by atoms with Crippen LogP contribution in [0.4, 0.5) is 5.69 Å². The van der Waals surface area contributed by atoms with Gasteiger partial charge in [0, 0.05) is 32.4 Å². The number of nitrogens with two attached hydrogens (primary N) is 1. The maximum Gasteiger partial charge on any atom is 0.210 e. The summed E-state index contributed by atoms with van der Waals surface area (Å²) < 4.78 is 21.6. The first-order valence-corrected chi connectivity index (χ1v) is 8.21. The van der Waals surface area contributed by atoms with E-state index in [2.05, 4.69) is 35.5 Å². The molecule has 0 saturated carbocycles. The lowest BCUT2D eigenvalue weighted by Gasteiger charge is -2.27. The number of hydrogen-bond donors (Lipinski definition) is 2. The minimum Gasteiger partial charge on any atom is -0.374 e. The number of primary sulfonamides is 1. The van der Waals surface area contributed by atoms with Gasteiger partial charge in [-0.05, 0) is 30.0 Å². The third kappa shape index (κ3) is 4.19. The van der Waals surface area contributed by atoms with E-state index in [9.17, 15) is 8.42 Å². The first-order valence-electron chi connectivity index (χ1n) is 6.50. The van der Waals surface area contributed by atoms with Crippen LogP contribution in [0.5, 0.6) is 0 Å². The Hall–Kier alpha value is -1.11. The van der Waals surface area contributed by atoms with Crippen LogP contribution in [-0.2, 0) is 23.0 Å². The number of fused-ring (bicyclic) bond motifs is 1. The van der Waals surface area contributed by atoms with Crippen LogP contribution in [0.15, 0.2) is 18.2 Å². The van der Waals surface area contributed by atoms with Crippen LogP contribution in [0.1, 0.15) is 17.5 Å². The molecule has 0 fully saturated rings. The van der Waals surface area contributed by atoms with E-state index in [1.807, 2.05) is 0 Å². The zero-order valence-electron chi connectivity index (χ0n) is 11.2. The van der Waals surface area contributed by atoms with E-state index in [4.69, 9.17) is 5.14 Å². The molecule has 0 aliphatic carbocycles. The van der Waals surface area contributed by atoms with Crippen LogP contribution in [0.2, 0.25) is 0 Å². The fourth-order valence-corrected chi connectivity index (χ4v) is 2.82. The summed E-state index contributed by atoms with van der Waals surface area (Å²) in [5.74, 6) is -0.0271. The zero-order chi connectivity index (χ0) is 13.9. The zero-order valence-corrected chi connectivity index (χ0v) is 12.0.